The minimum Gasteiger partial charge on any atom is -0.480 e. The van der Waals surface area contributed by atoms with Crippen molar-refractivity contribution in [1.29, 1.82) is 0 Å². The molecule has 0 radical (unpaired) electrons. The molecule has 0 saturated heterocycles. The summed E-state index contributed by atoms with van der Waals surface area (Å²) in [5, 5.41) is 13.3. The van der Waals surface area contributed by atoms with Crippen LogP contribution in [0.2, 0.25) is 0 Å². The molecule has 1 aromatic heterocycles. The number of hydrogen-bond donors (Lipinski definition) is 4. The lowest BCUT2D eigenvalue weighted by Crippen LogP contribution is -2.47. The fourth-order valence-corrected chi connectivity index (χ4v) is 1.52. The van der Waals surface area contributed by atoms with E-state index < -0.39 is 30.6 Å². The summed E-state index contributed by atoms with van der Waals surface area (Å²) in [6, 6.07) is -2.03. The van der Waals surface area contributed by atoms with Crippen molar-refractivity contribution in [1.82, 2.24) is 20.6 Å². The van der Waals surface area contributed by atoms with Gasteiger partial charge >= 0.3 is 18.2 Å². The highest BCUT2D eigenvalue weighted by atomic mass is 19.4. The number of aromatic amines is 1. The molecular formula is C11H15F3N4O3. The standard InChI is InChI=1S/C11H15F3N4O3/c12-11(13,14)2-1-3-16-10(21)18-8(9(19)20)4-7-5-15-6-17-7/h5-6,8H,1-4H2,(H,15,17)(H,19,20)(H2,16,18,21)/t8-/m1/s1. The molecule has 1 rings (SSSR count). The number of nitrogens with one attached hydrogen (secondary N) is 3. The Hall–Kier alpha value is -2.26. The Labute approximate surface area is 117 Å². The van der Waals surface area contributed by atoms with Gasteiger partial charge in [-0.25, -0.2) is 14.6 Å². The lowest BCUT2D eigenvalue weighted by molar-refractivity contribution is -0.139. The van der Waals surface area contributed by atoms with E-state index in [0.29, 0.717) is 5.69 Å². The van der Waals surface area contributed by atoms with Crippen molar-refractivity contribution < 1.29 is 27.9 Å². The smallest absolute Gasteiger partial charge is 0.389 e. The first-order chi connectivity index (χ1) is 9.78. The van der Waals surface area contributed by atoms with Crippen molar-refractivity contribution in [3.8, 4) is 0 Å². The number of imidazole rings is 1. The number of aliphatic carboxylic acids is 1. The van der Waals surface area contributed by atoms with Gasteiger partial charge in [0.1, 0.15) is 6.04 Å². The van der Waals surface area contributed by atoms with Crippen LogP contribution in [0.1, 0.15) is 18.5 Å². The van der Waals surface area contributed by atoms with E-state index in [-0.39, 0.29) is 19.4 Å². The van der Waals surface area contributed by atoms with Gasteiger partial charge in [0.25, 0.3) is 0 Å². The first-order valence-corrected chi connectivity index (χ1v) is 6.09. The Morgan fingerprint density at radius 3 is 2.67 bits per heavy atom. The molecular weight excluding hydrogens is 293 g/mol. The molecule has 2 amide bonds. The molecule has 10 heteroatoms. The molecule has 1 aromatic rings. The molecule has 0 aliphatic rings. The molecule has 7 nitrogen and oxygen atoms in total. The lowest BCUT2D eigenvalue weighted by atomic mass is 10.2. The minimum atomic E-state index is -4.28. The summed E-state index contributed by atoms with van der Waals surface area (Å²) >= 11 is 0. The molecule has 0 aliphatic heterocycles. The molecule has 0 saturated carbocycles. The van der Waals surface area contributed by atoms with E-state index in [1.807, 2.05) is 0 Å². The third-order valence-electron chi connectivity index (χ3n) is 2.50. The second-order valence-corrected chi connectivity index (χ2v) is 4.29. The topological polar surface area (TPSA) is 107 Å². The van der Waals surface area contributed by atoms with Gasteiger partial charge < -0.3 is 20.7 Å². The highest BCUT2D eigenvalue weighted by Crippen LogP contribution is 2.20. The fraction of sp³-hybridized carbons (Fsp3) is 0.545. The first-order valence-electron chi connectivity index (χ1n) is 6.09. The Balaban J connectivity index is 2.34. The van der Waals surface area contributed by atoms with Crippen LogP contribution in [0.5, 0.6) is 0 Å². The van der Waals surface area contributed by atoms with Gasteiger partial charge in [0.2, 0.25) is 0 Å². The maximum absolute atomic E-state index is 11.9. The van der Waals surface area contributed by atoms with Crippen molar-refractivity contribution in [3.63, 3.8) is 0 Å². The van der Waals surface area contributed by atoms with Gasteiger partial charge in [-0.15, -0.1) is 0 Å². The average Bonchev–Trinajstić information content (AvgIpc) is 2.85. The van der Waals surface area contributed by atoms with Crippen LogP contribution in [-0.4, -0.2) is 45.8 Å². The van der Waals surface area contributed by atoms with Gasteiger partial charge in [-0.05, 0) is 6.42 Å². The Kier molecular flexibility index (Phi) is 6.00. The van der Waals surface area contributed by atoms with E-state index in [9.17, 15) is 22.8 Å². The van der Waals surface area contributed by atoms with Crippen LogP contribution >= 0.6 is 0 Å². The summed E-state index contributed by atoms with van der Waals surface area (Å²) in [7, 11) is 0. The number of carboxylic acid groups (broad SMARTS) is 1. The number of rotatable bonds is 7. The molecule has 1 heterocycles. The number of urea groups is 1. The first kappa shape index (κ1) is 16.8. The van der Waals surface area contributed by atoms with Gasteiger partial charge in [-0.2, -0.15) is 13.2 Å². The highest BCUT2D eigenvalue weighted by Gasteiger charge is 2.26. The van der Waals surface area contributed by atoms with E-state index in [1.54, 1.807) is 0 Å². The number of halogens is 3. The van der Waals surface area contributed by atoms with E-state index in [4.69, 9.17) is 5.11 Å². The summed E-state index contributed by atoms with van der Waals surface area (Å²) in [6.45, 7) is -0.193. The predicted octanol–water partition coefficient (Wildman–Crippen LogP) is 1.05. The summed E-state index contributed by atoms with van der Waals surface area (Å²) in [5.74, 6) is -1.25. The Bertz CT molecular complexity index is 462. The number of carbonyl (C=O) groups is 2. The largest absolute Gasteiger partial charge is 0.480 e. The van der Waals surface area contributed by atoms with E-state index >= 15 is 0 Å². The number of carboxylic acids is 1. The zero-order chi connectivity index (χ0) is 15.9. The third kappa shape index (κ3) is 7.18. The third-order valence-corrected chi connectivity index (χ3v) is 2.50. The van der Waals surface area contributed by atoms with Gasteiger partial charge in [-0.1, -0.05) is 0 Å². The lowest BCUT2D eigenvalue weighted by Gasteiger charge is -2.14. The Morgan fingerprint density at radius 2 is 2.14 bits per heavy atom. The maximum atomic E-state index is 11.9. The zero-order valence-electron chi connectivity index (χ0n) is 10.9. The van der Waals surface area contributed by atoms with Crippen LogP contribution in [0, 0.1) is 0 Å². The number of hydrogen-bond acceptors (Lipinski definition) is 3. The summed E-state index contributed by atoms with van der Waals surface area (Å²) in [4.78, 5) is 28.8. The molecule has 1 atom stereocenters. The molecule has 4 N–H and O–H groups in total. The molecule has 0 aromatic carbocycles. The SMILES string of the molecule is O=C(NCCCC(F)(F)F)N[C@H](Cc1cnc[nH]1)C(=O)O. The van der Waals surface area contributed by atoms with Crippen molar-refractivity contribution in [2.45, 2.75) is 31.5 Å². The number of nitrogens with zero attached hydrogens (tertiary/aromatic N) is 1. The molecule has 0 bridgehead atoms. The fourth-order valence-electron chi connectivity index (χ4n) is 1.52. The number of aromatic nitrogens is 2. The van der Waals surface area contributed by atoms with E-state index in [1.165, 1.54) is 12.5 Å². The van der Waals surface area contributed by atoms with Crippen LogP contribution in [0.4, 0.5) is 18.0 Å². The molecule has 0 spiro atoms. The van der Waals surface area contributed by atoms with E-state index in [2.05, 4.69) is 20.6 Å². The van der Waals surface area contributed by atoms with Gasteiger partial charge in [0, 0.05) is 31.3 Å². The summed E-state index contributed by atoms with van der Waals surface area (Å²) in [5.41, 5.74) is 0.514. The van der Waals surface area contributed by atoms with Crippen LogP contribution in [0.25, 0.3) is 0 Å². The van der Waals surface area contributed by atoms with Crippen molar-refractivity contribution in [3.05, 3.63) is 18.2 Å². The molecule has 0 aliphatic carbocycles. The second-order valence-electron chi connectivity index (χ2n) is 4.29. The zero-order valence-corrected chi connectivity index (χ0v) is 10.9. The van der Waals surface area contributed by atoms with Crippen LogP contribution < -0.4 is 10.6 Å². The number of H-pyrrole nitrogens is 1. The summed E-state index contributed by atoms with van der Waals surface area (Å²) < 4.78 is 35.7. The van der Waals surface area contributed by atoms with Crippen LogP contribution in [-0.2, 0) is 11.2 Å². The van der Waals surface area contributed by atoms with Crippen molar-refractivity contribution >= 4 is 12.0 Å². The highest BCUT2D eigenvalue weighted by molar-refractivity contribution is 5.82. The molecule has 118 valence electrons. The van der Waals surface area contributed by atoms with Gasteiger partial charge in [0.05, 0.1) is 6.33 Å². The number of alkyl halides is 3. The monoisotopic (exact) mass is 308 g/mol. The predicted molar refractivity (Wildman–Crippen MR) is 65.5 cm³/mol. The van der Waals surface area contributed by atoms with Crippen molar-refractivity contribution in [2.75, 3.05) is 6.54 Å². The second kappa shape index (κ2) is 7.50. The van der Waals surface area contributed by atoms with Gasteiger partial charge in [-0.3, -0.25) is 0 Å². The Morgan fingerprint density at radius 1 is 1.43 bits per heavy atom. The van der Waals surface area contributed by atoms with Crippen LogP contribution in [0.3, 0.4) is 0 Å². The van der Waals surface area contributed by atoms with Gasteiger partial charge in [0.15, 0.2) is 0 Å². The number of amides is 2. The summed E-state index contributed by atoms with van der Waals surface area (Å²) in [6.07, 6.45) is -2.78. The number of carbonyl (C=O) groups excluding carboxylic acids is 1. The van der Waals surface area contributed by atoms with E-state index in [0.717, 1.165) is 0 Å². The van der Waals surface area contributed by atoms with Crippen LogP contribution in [0.15, 0.2) is 12.5 Å². The van der Waals surface area contributed by atoms with Crippen molar-refractivity contribution in [2.24, 2.45) is 0 Å². The minimum absolute atomic E-state index is 0.00863. The molecule has 0 unspecified atom stereocenters. The molecule has 21 heavy (non-hydrogen) atoms. The quantitative estimate of drug-likeness (QED) is 0.565. The molecule has 0 fully saturated rings. The maximum Gasteiger partial charge on any atom is 0.389 e. The normalized spacial score (nSPS) is 12.7. The average molecular weight is 308 g/mol.